The molecule has 1 fully saturated rings. The Bertz CT molecular complexity index is 1830. The Balaban J connectivity index is 1.11. The van der Waals surface area contributed by atoms with E-state index in [0.717, 1.165) is 78.5 Å². The number of carbonyl (C=O) groups excluding carboxylic acids is 2. The maximum absolute atomic E-state index is 13.8. The summed E-state index contributed by atoms with van der Waals surface area (Å²) in [6.07, 6.45) is 8.24. The Kier molecular flexibility index (Phi) is 10.9. The third kappa shape index (κ3) is 9.01. The lowest BCUT2D eigenvalue weighted by atomic mass is 9.95. The molecule has 0 aliphatic heterocycles. The zero-order valence-electron chi connectivity index (χ0n) is 27.4. The van der Waals surface area contributed by atoms with Crippen LogP contribution in [0.2, 0.25) is 0 Å². The van der Waals surface area contributed by atoms with E-state index >= 15 is 0 Å². The fourth-order valence-corrected chi connectivity index (χ4v) is 7.71. The molecular formula is C39H41N3O6S. The molecule has 4 N–H and O–H groups in total. The predicted octanol–water partition coefficient (Wildman–Crippen LogP) is 7.44. The van der Waals surface area contributed by atoms with E-state index in [0.29, 0.717) is 47.4 Å². The van der Waals surface area contributed by atoms with Crippen LogP contribution in [0.1, 0.15) is 96.7 Å². The van der Waals surface area contributed by atoms with E-state index in [2.05, 4.69) is 15.5 Å². The molecule has 2 amide bonds. The molecule has 1 aromatic heterocycles. The lowest BCUT2D eigenvalue weighted by Crippen LogP contribution is -2.27. The van der Waals surface area contributed by atoms with Crippen LogP contribution in [0, 0.1) is 0 Å². The van der Waals surface area contributed by atoms with Crippen LogP contribution >= 0.6 is 11.3 Å². The van der Waals surface area contributed by atoms with Crippen molar-refractivity contribution in [1.82, 2.24) is 4.90 Å². The normalized spacial score (nSPS) is 13.9. The smallest absolute Gasteiger partial charge is 0.335 e. The van der Waals surface area contributed by atoms with Gasteiger partial charge in [-0.05, 0) is 123 Å². The Morgan fingerprint density at radius 1 is 0.776 bits per heavy atom. The summed E-state index contributed by atoms with van der Waals surface area (Å²) in [5, 5.41) is 24.9. The number of nitrogens with zero attached hydrogens (tertiary/aromatic N) is 1. The van der Waals surface area contributed by atoms with Crippen LogP contribution in [0.4, 0.5) is 10.7 Å². The second-order valence-corrected chi connectivity index (χ2v) is 14.0. The van der Waals surface area contributed by atoms with E-state index in [1.54, 1.807) is 18.2 Å². The molecule has 6 rings (SSSR count). The highest BCUT2D eigenvalue weighted by Gasteiger charge is 2.29. The van der Waals surface area contributed by atoms with Crippen molar-refractivity contribution in [3.8, 4) is 0 Å². The number of hydrogen-bond acceptors (Lipinski definition) is 6. The molecule has 0 spiro atoms. The molecule has 10 heteroatoms. The zero-order valence-corrected chi connectivity index (χ0v) is 28.2. The molecule has 1 heterocycles. The maximum Gasteiger partial charge on any atom is 0.335 e. The fraction of sp³-hybridized carbons (Fsp3) is 0.333. The Morgan fingerprint density at radius 3 is 2.14 bits per heavy atom. The van der Waals surface area contributed by atoms with Gasteiger partial charge in [0.05, 0.1) is 11.1 Å². The number of anilines is 2. The van der Waals surface area contributed by atoms with Gasteiger partial charge in [-0.3, -0.25) is 19.3 Å². The number of benzene rings is 3. The molecule has 0 unspecified atom stereocenters. The number of thiophene rings is 1. The lowest BCUT2D eigenvalue weighted by Gasteiger charge is -2.22. The Labute approximate surface area is 290 Å². The number of carboxylic acids is 2. The first-order chi connectivity index (χ1) is 23.7. The first-order valence-electron chi connectivity index (χ1n) is 17.0. The maximum atomic E-state index is 13.8. The summed E-state index contributed by atoms with van der Waals surface area (Å²) < 4.78 is 0. The summed E-state index contributed by atoms with van der Waals surface area (Å²) >= 11 is 1.49. The van der Waals surface area contributed by atoms with E-state index in [1.807, 2.05) is 54.6 Å². The SMILES string of the molecule is O=C(O)CCCN(Cc1cccc(C(=O)Nc2sc3c(c2C(=O)Nc2ccc(CCc4ccc(C(=O)O)cc4)cc2)CCCC3)c1)C1CC1. The molecule has 3 aromatic carbocycles. The predicted molar refractivity (Wildman–Crippen MR) is 191 cm³/mol. The first-order valence-corrected chi connectivity index (χ1v) is 17.8. The van der Waals surface area contributed by atoms with Gasteiger partial charge in [-0.25, -0.2) is 4.79 Å². The summed E-state index contributed by atoms with van der Waals surface area (Å²) in [6.45, 7) is 1.37. The number of fused-ring (bicyclic) bond motifs is 1. The molecule has 49 heavy (non-hydrogen) atoms. The number of aliphatic carboxylic acids is 1. The summed E-state index contributed by atoms with van der Waals surface area (Å²) in [6, 6.07) is 22.6. The summed E-state index contributed by atoms with van der Waals surface area (Å²) in [5.74, 6) is -2.23. The van der Waals surface area contributed by atoms with Crippen LogP contribution in [0.15, 0.2) is 72.8 Å². The highest BCUT2D eigenvalue weighted by molar-refractivity contribution is 7.17. The van der Waals surface area contributed by atoms with E-state index in [1.165, 1.54) is 11.3 Å². The topological polar surface area (TPSA) is 136 Å². The van der Waals surface area contributed by atoms with Crippen molar-refractivity contribution >= 4 is 45.8 Å². The molecule has 2 aliphatic rings. The summed E-state index contributed by atoms with van der Waals surface area (Å²) in [5.41, 5.74) is 6.17. The number of aryl methyl sites for hydroxylation is 3. The monoisotopic (exact) mass is 679 g/mol. The zero-order chi connectivity index (χ0) is 34.3. The number of carboxylic acid groups (broad SMARTS) is 2. The van der Waals surface area contributed by atoms with Gasteiger partial charge < -0.3 is 20.8 Å². The largest absolute Gasteiger partial charge is 0.481 e. The third-order valence-corrected chi connectivity index (χ3v) is 10.4. The molecule has 0 radical (unpaired) electrons. The van der Waals surface area contributed by atoms with Gasteiger partial charge in [0, 0.05) is 35.1 Å². The standard InChI is InChI=1S/C39H41N3O6S/c43-34(44)9-4-22-42(31-20-21-31)24-27-5-3-6-29(23-27)36(45)41-38-35(32-7-1-2-8-33(32)49-38)37(46)40-30-18-14-26(15-19-30)11-10-25-12-16-28(17-13-25)39(47)48/h3,5-6,12-19,23,31H,1-2,4,7-11,20-22,24H2,(H,40,46)(H,41,45)(H,43,44)(H,47,48). The number of amides is 2. The van der Waals surface area contributed by atoms with Gasteiger partial charge >= 0.3 is 11.9 Å². The van der Waals surface area contributed by atoms with Gasteiger partial charge in [-0.1, -0.05) is 36.4 Å². The number of rotatable bonds is 15. The van der Waals surface area contributed by atoms with Crippen LogP contribution in [-0.2, 0) is 37.0 Å². The van der Waals surface area contributed by atoms with E-state index in [4.69, 9.17) is 10.2 Å². The minimum Gasteiger partial charge on any atom is -0.481 e. The highest BCUT2D eigenvalue weighted by Crippen LogP contribution is 2.39. The minimum absolute atomic E-state index is 0.145. The van der Waals surface area contributed by atoms with Gasteiger partial charge in [0.1, 0.15) is 5.00 Å². The van der Waals surface area contributed by atoms with E-state index in [-0.39, 0.29) is 23.8 Å². The van der Waals surface area contributed by atoms with Crippen molar-refractivity contribution in [1.29, 1.82) is 0 Å². The van der Waals surface area contributed by atoms with Crippen LogP contribution in [0.5, 0.6) is 0 Å². The molecule has 0 atom stereocenters. The van der Waals surface area contributed by atoms with E-state index < -0.39 is 11.9 Å². The van der Waals surface area contributed by atoms with Crippen LogP contribution in [0.3, 0.4) is 0 Å². The molecule has 0 bridgehead atoms. The molecule has 254 valence electrons. The van der Waals surface area contributed by atoms with Gasteiger partial charge in [0.2, 0.25) is 0 Å². The first kappa shape index (κ1) is 34.1. The average molecular weight is 680 g/mol. The fourth-order valence-electron chi connectivity index (χ4n) is 6.43. The van der Waals surface area contributed by atoms with Crippen molar-refractivity contribution in [2.24, 2.45) is 0 Å². The molecule has 0 saturated heterocycles. The van der Waals surface area contributed by atoms with Crippen molar-refractivity contribution in [2.45, 2.75) is 76.8 Å². The van der Waals surface area contributed by atoms with Gasteiger partial charge in [-0.15, -0.1) is 11.3 Å². The van der Waals surface area contributed by atoms with Gasteiger partial charge in [0.15, 0.2) is 0 Å². The number of nitrogens with one attached hydrogen (secondary N) is 2. The number of carbonyl (C=O) groups is 4. The van der Waals surface area contributed by atoms with Gasteiger partial charge in [0.25, 0.3) is 11.8 Å². The molecule has 4 aromatic rings. The molecule has 1 saturated carbocycles. The van der Waals surface area contributed by atoms with Crippen LogP contribution in [0.25, 0.3) is 0 Å². The number of aromatic carboxylic acids is 1. The summed E-state index contributed by atoms with van der Waals surface area (Å²) in [4.78, 5) is 53.0. The van der Waals surface area contributed by atoms with Crippen LogP contribution < -0.4 is 10.6 Å². The lowest BCUT2D eigenvalue weighted by molar-refractivity contribution is -0.137. The van der Waals surface area contributed by atoms with Crippen molar-refractivity contribution in [3.05, 3.63) is 117 Å². The van der Waals surface area contributed by atoms with Crippen molar-refractivity contribution in [2.75, 3.05) is 17.2 Å². The third-order valence-electron chi connectivity index (χ3n) is 9.21. The quantitative estimate of drug-likeness (QED) is 0.103. The minimum atomic E-state index is -0.939. The van der Waals surface area contributed by atoms with E-state index in [9.17, 15) is 19.2 Å². The Morgan fingerprint density at radius 2 is 1.47 bits per heavy atom. The van der Waals surface area contributed by atoms with Crippen molar-refractivity contribution in [3.63, 3.8) is 0 Å². The second-order valence-electron chi connectivity index (χ2n) is 12.9. The second kappa shape index (κ2) is 15.6. The van der Waals surface area contributed by atoms with Crippen LogP contribution in [-0.4, -0.2) is 51.5 Å². The number of hydrogen-bond donors (Lipinski definition) is 4. The average Bonchev–Trinajstić information content (AvgIpc) is 3.88. The highest BCUT2D eigenvalue weighted by atomic mass is 32.1. The summed E-state index contributed by atoms with van der Waals surface area (Å²) in [7, 11) is 0. The van der Waals surface area contributed by atoms with Gasteiger partial charge in [-0.2, -0.15) is 0 Å². The molecular weight excluding hydrogens is 639 g/mol. The molecule has 9 nitrogen and oxygen atoms in total. The van der Waals surface area contributed by atoms with Crippen molar-refractivity contribution < 1.29 is 29.4 Å². The Hall–Kier alpha value is -4.80. The molecule has 2 aliphatic carbocycles.